The molecule has 1 aliphatic rings. The summed E-state index contributed by atoms with van der Waals surface area (Å²) in [4.78, 5) is 1.37. The van der Waals surface area contributed by atoms with Crippen LogP contribution >= 0.6 is 11.8 Å². The van der Waals surface area contributed by atoms with Crippen LogP contribution in [-0.4, -0.2) is 5.37 Å². The number of nitrogens with one attached hydrogen (secondary N) is 1. The highest BCUT2D eigenvalue weighted by Gasteiger charge is 2.15. The van der Waals surface area contributed by atoms with Crippen molar-refractivity contribution in [1.29, 1.82) is 0 Å². The number of hydrogen-bond donors (Lipinski definition) is 1. The van der Waals surface area contributed by atoms with Crippen LogP contribution in [0.1, 0.15) is 6.92 Å². The first-order valence-corrected chi connectivity index (χ1v) is 4.26. The zero-order valence-corrected chi connectivity index (χ0v) is 6.61. The highest BCUT2D eigenvalue weighted by molar-refractivity contribution is 8.00. The predicted octanol–water partition coefficient (Wildman–Crippen LogP) is 2.55. The van der Waals surface area contributed by atoms with Gasteiger partial charge in [-0.25, -0.2) is 0 Å². The third-order valence-corrected chi connectivity index (χ3v) is 2.63. The van der Waals surface area contributed by atoms with Crippen molar-refractivity contribution < 1.29 is 0 Å². The molecular formula is C8H9NS. The molecule has 1 heterocycles. The van der Waals surface area contributed by atoms with Crippen LogP contribution in [0.5, 0.6) is 0 Å². The van der Waals surface area contributed by atoms with Gasteiger partial charge in [-0.3, -0.25) is 0 Å². The maximum Gasteiger partial charge on any atom is 0.0741 e. The summed E-state index contributed by atoms with van der Waals surface area (Å²) in [5.41, 5.74) is 1.28. The highest BCUT2D eigenvalue weighted by Crippen LogP contribution is 2.37. The van der Waals surface area contributed by atoms with Crippen molar-refractivity contribution in [1.82, 2.24) is 0 Å². The van der Waals surface area contributed by atoms with E-state index in [2.05, 4.69) is 36.5 Å². The van der Waals surface area contributed by atoms with Gasteiger partial charge in [-0.15, -0.1) is 0 Å². The summed E-state index contributed by atoms with van der Waals surface area (Å²) in [5, 5.41) is 3.90. The van der Waals surface area contributed by atoms with Gasteiger partial charge in [0.2, 0.25) is 0 Å². The van der Waals surface area contributed by atoms with E-state index in [9.17, 15) is 0 Å². The minimum absolute atomic E-state index is 0.539. The zero-order chi connectivity index (χ0) is 6.97. The van der Waals surface area contributed by atoms with E-state index in [0.717, 1.165) is 0 Å². The van der Waals surface area contributed by atoms with Gasteiger partial charge in [-0.2, -0.15) is 0 Å². The quantitative estimate of drug-likeness (QED) is 0.611. The molecule has 1 aliphatic heterocycles. The number of anilines is 1. The molecule has 0 unspecified atom stereocenters. The second-order valence-electron chi connectivity index (χ2n) is 2.40. The second-order valence-corrected chi connectivity index (χ2v) is 3.78. The van der Waals surface area contributed by atoms with Gasteiger partial charge in [0.15, 0.2) is 0 Å². The Morgan fingerprint density at radius 3 is 3.00 bits per heavy atom. The van der Waals surface area contributed by atoms with E-state index >= 15 is 0 Å². The van der Waals surface area contributed by atoms with E-state index in [1.165, 1.54) is 10.6 Å². The van der Waals surface area contributed by atoms with Crippen molar-refractivity contribution in [2.24, 2.45) is 0 Å². The fourth-order valence-corrected chi connectivity index (χ4v) is 2.11. The maximum absolute atomic E-state index is 3.36. The Bertz CT molecular complexity index is 222. The van der Waals surface area contributed by atoms with Crippen LogP contribution in [-0.2, 0) is 0 Å². The summed E-state index contributed by atoms with van der Waals surface area (Å²) in [7, 11) is 0. The Hall–Kier alpha value is -0.630. The molecule has 52 valence electrons. The Kier molecular flexibility index (Phi) is 1.34. The lowest BCUT2D eigenvalue weighted by atomic mass is 10.3. The molecule has 0 radical (unpaired) electrons. The fraction of sp³-hybridized carbons (Fsp3) is 0.250. The first-order valence-electron chi connectivity index (χ1n) is 3.38. The highest BCUT2D eigenvalue weighted by atomic mass is 32.2. The van der Waals surface area contributed by atoms with Crippen molar-refractivity contribution in [3.8, 4) is 0 Å². The van der Waals surface area contributed by atoms with Gasteiger partial charge in [-0.05, 0) is 19.1 Å². The SMILES string of the molecule is C[C@H]1Nc2ccccc2S1. The molecule has 1 N–H and O–H groups in total. The van der Waals surface area contributed by atoms with Gasteiger partial charge in [0.1, 0.15) is 0 Å². The topological polar surface area (TPSA) is 12.0 Å². The van der Waals surface area contributed by atoms with Gasteiger partial charge >= 0.3 is 0 Å². The molecule has 2 heteroatoms. The van der Waals surface area contributed by atoms with E-state index in [4.69, 9.17) is 0 Å². The van der Waals surface area contributed by atoms with Gasteiger partial charge in [0, 0.05) is 10.6 Å². The maximum atomic E-state index is 3.36. The molecule has 0 fully saturated rings. The summed E-state index contributed by atoms with van der Waals surface area (Å²) < 4.78 is 0. The standard InChI is InChI=1S/C8H9NS/c1-6-9-7-4-2-3-5-8(7)10-6/h2-6,9H,1H3/t6-/m0/s1. The smallest absolute Gasteiger partial charge is 0.0741 e. The molecule has 0 amide bonds. The number of hydrogen-bond acceptors (Lipinski definition) is 2. The van der Waals surface area contributed by atoms with Gasteiger partial charge in [0.25, 0.3) is 0 Å². The van der Waals surface area contributed by atoms with Crippen LogP contribution in [0.25, 0.3) is 0 Å². The van der Waals surface area contributed by atoms with Crippen LogP contribution in [0, 0.1) is 0 Å². The van der Waals surface area contributed by atoms with E-state index in [-0.39, 0.29) is 0 Å². The summed E-state index contributed by atoms with van der Waals surface area (Å²) in [5.74, 6) is 0. The summed E-state index contributed by atoms with van der Waals surface area (Å²) in [6, 6.07) is 8.40. The molecule has 1 atom stereocenters. The van der Waals surface area contributed by atoms with Crippen molar-refractivity contribution in [3.63, 3.8) is 0 Å². The minimum Gasteiger partial charge on any atom is -0.372 e. The molecule has 0 spiro atoms. The minimum atomic E-state index is 0.539. The van der Waals surface area contributed by atoms with Crippen LogP contribution in [0.4, 0.5) is 5.69 Å². The number of benzene rings is 1. The first-order chi connectivity index (χ1) is 4.86. The fourth-order valence-electron chi connectivity index (χ4n) is 1.13. The van der Waals surface area contributed by atoms with Gasteiger partial charge in [0.05, 0.1) is 5.37 Å². The first kappa shape index (κ1) is 6.10. The second kappa shape index (κ2) is 2.20. The van der Waals surface area contributed by atoms with Crippen LogP contribution in [0.2, 0.25) is 0 Å². The van der Waals surface area contributed by atoms with E-state index < -0.39 is 0 Å². The largest absolute Gasteiger partial charge is 0.372 e. The summed E-state index contributed by atoms with van der Waals surface area (Å²) in [6.07, 6.45) is 0. The van der Waals surface area contributed by atoms with Crippen molar-refractivity contribution in [2.75, 3.05) is 5.32 Å². The normalized spacial score (nSPS) is 21.9. The number of para-hydroxylation sites is 1. The number of rotatable bonds is 0. The van der Waals surface area contributed by atoms with Crippen LogP contribution < -0.4 is 5.32 Å². The van der Waals surface area contributed by atoms with Crippen LogP contribution in [0.3, 0.4) is 0 Å². The van der Waals surface area contributed by atoms with Crippen molar-refractivity contribution in [2.45, 2.75) is 17.2 Å². The molecule has 1 aromatic carbocycles. The Morgan fingerprint density at radius 1 is 1.40 bits per heavy atom. The number of thioether (sulfide) groups is 1. The van der Waals surface area contributed by atoms with E-state index in [0.29, 0.717) is 5.37 Å². The van der Waals surface area contributed by atoms with Gasteiger partial charge in [-0.1, -0.05) is 23.9 Å². The van der Waals surface area contributed by atoms with Crippen LogP contribution in [0.15, 0.2) is 29.2 Å². The third-order valence-electron chi connectivity index (χ3n) is 1.55. The predicted molar refractivity (Wildman–Crippen MR) is 45.4 cm³/mol. The monoisotopic (exact) mass is 151 g/mol. The third kappa shape index (κ3) is 0.886. The molecule has 1 aromatic rings. The molecule has 10 heavy (non-hydrogen) atoms. The van der Waals surface area contributed by atoms with Gasteiger partial charge < -0.3 is 5.32 Å². The molecule has 0 bridgehead atoms. The average Bonchev–Trinajstić information content (AvgIpc) is 2.27. The van der Waals surface area contributed by atoms with E-state index in [1.54, 1.807) is 0 Å². The lowest BCUT2D eigenvalue weighted by molar-refractivity contribution is 1.15. The lowest BCUT2D eigenvalue weighted by Gasteiger charge is -1.98. The molecule has 0 aromatic heterocycles. The zero-order valence-electron chi connectivity index (χ0n) is 5.79. The molecule has 0 aliphatic carbocycles. The Morgan fingerprint density at radius 2 is 2.20 bits per heavy atom. The summed E-state index contributed by atoms with van der Waals surface area (Å²) >= 11 is 1.88. The molecular weight excluding hydrogens is 142 g/mol. The molecule has 0 saturated carbocycles. The lowest BCUT2D eigenvalue weighted by Crippen LogP contribution is -2.02. The van der Waals surface area contributed by atoms with Crippen molar-refractivity contribution in [3.05, 3.63) is 24.3 Å². The average molecular weight is 151 g/mol. The number of fused-ring (bicyclic) bond motifs is 1. The van der Waals surface area contributed by atoms with E-state index in [1.807, 2.05) is 11.8 Å². The molecule has 1 nitrogen and oxygen atoms in total. The van der Waals surface area contributed by atoms with Crippen molar-refractivity contribution >= 4 is 17.4 Å². The summed E-state index contributed by atoms with van der Waals surface area (Å²) in [6.45, 7) is 2.17. The molecule has 2 rings (SSSR count). The Labute approximate surface area is 64.8 Å². The molecule has 0 saturated heterocycles. The Balaban J connectivity index is 2.42.